The van der Waals surface area contributed by atoms with Crippen LogP contribution in [0.2, 0.25) is 0 Å². The van der Waals surface area contributed by atoms with Gasteiger partial charge in [0.15, 0.2) is 0 Å². The summed E-state index contributed by atoms with van der Waals surface area (Å²) in [5, 5.41) is 2.78. The van der Waals surface area contributed by atoms with Crippen molar-refractivity contribution in [1.82, 2.24) is 5.32 Å². The van der Waals surface area contributed by atoms with E-state index in [1.807, 2.05) is 0 Å². The number of halogens is 4. The summed E-state index contributed by atoms with van der Waals surface area (Å²) in [6.45, 7) is 0.267. The molecule has 2 atom stereocenters. The SMILES string of the molecule is Cl.NC1CCCC(C(=O)NCCc2ccccc2OC(F)(F)F)C1. The van der Waals surface area contributed by atoms with Crippen LogP contribution in [0.3, 0.4) is 0 Å². The molecule has 1 aromatic carbocycles. The fraction of sp³-hybridized carbons (Fsp3) is 0.562. The Bertz CT molecular complexity index is 540. The molecule has 136 valence electrons. The predicted molar refractivity (Wildman–Crippen MR) is 87.0 cm³/mol. The minimum absolute atomic E-state index is 0. The lowest BCUT2D eigenvalue weighted by atomic mass is 9.85. The maximum absolute atomic E-state index is 12.3. The summed E-state index contributed by atoms with van der Waals surface area (Å²) in [5.41, 5.74) is 6.27. The van der Waals surface area contributed by atoms with Crippen LogP contribution in [0.25, 0.3) is 0 Å². The van der Waals surface area contributed by atoms with Gasteiger partial charge in [-0.2, -0.15) is 0 Å². The summed E-state index contributed by atoms with van der Waals surface area (Å²) in [6, 6.07) is 6.00. The van der Waals surface area contributed by atoms with Crippen LogP contribution in [0.4, 0.5) is 13.2 Å². The van der Waals surface area contributed by atoms with Gasteiger partial charge in [-0.3, -0.25) is 4.79 Å². The summed E-state index contributed by atoms with van der Waals surface area (Å²) >= 11 is 0. The Hall–Kier alpha value is -1.47. The van der Waals surface area contributed by atoms with E-state index in [4.69, 9.17) is 5.73 Å². The van der Waals surface area contributed by atoms with E-state index in [1.165, 1.54) is 12.1 Å². The molecular formula is C16H22ClF3N2O2. The maximum atomic E-state index is 12.3. The second-order valence-corrected chi connectivity index (χ2v) is 5.82. The summed E-state index contributed by atoms with van der Waals surface area (Å²) in [6.07, 6.45) is -1.10. The fourth-order valence-corrected chi connectivity index (χ4v) is 2.87. The van der Waals surface area contributed by atoms with Crippen LogP contribution >= 0.6 is 12.4 Å². The predicted octanol–water partition coefficient (Wildman–Crippen LogP) is 3.18. The van der Waals surface area contributed by atoms with Gasteiger partial charge in [-0.15, -0.1) is 25.6 Å². The lowest BCUT2D eigenvalue weighted by molar-refractivity contribution is -0.274. The molecule has 24 heavy (non-hydrogen) atoms. The number of carbonyl (C=O) groups excluding carboxylic acids is 1. The number of nitrogens with two attached hydrogens (primary N) is 1. The maximum Gasteiger partial charge on any atom is 0.573 e. The van der Waals surface area contributed by atoms with Crippen molar-refractivity contribution < 1.29 is 22.7 Å². The minimum atomic E-state index is -4.72. The fourth-order valence-electron chi connectivity index (χ4n) is 2.87. The summed E-state index contributed by atoms with van der Waals surface area (Å²) < 4.78 is 41.0. The molecule has 0 spiro atoms. The average Bonchev–Trinajstić information content (AvgIpc) is 2.47. The van der Waals surface area contributed by atoms with Crippen molar-refractivity contribution in [2.24, 2.45) is 11.7 Å². The lowest BCUT2D eigenvalue weighted by Gasteiger charge is -2.25. The molecule has 1 aliphatic carbocycles. The number of hydrogen-bond donors (Lipinski definition) is 2. The molecule has 1 saturated carbocycles. The number of nitrogens with one attached hydrogen (secondary N) is 1. The summed E-state index contributed by atoms with van der Waals surface area (Å²) in [5.74, 6) is -0.399. The average molecular weight is 367 g/mol. The Morgan fingerprint density at radius 3 is 2.67 bits per heavy atom. The molecule has 1 aromatic rings. The number of amides is 1. The highest BCUT2D eigenvalue weighted by Crippen LogP contribution is 2.26. The molecule has 2 unspecified atom stereocenters. The van der Waals surface area contributed by atoms with Crippen LogP contribution < -0.4 is 15.8 Å². The first-order chi connectivity index (χ1) is 10.8. The van der Waals surface area contributed by atoms with Gasteiger partial charge in [0.05, 0.1) is 0 Å². The second kappa shape index (κ2) is 9.13. The van der Waals surface area contributed by atoms with Crippen molar-refractivity contribution in [2.45, 2.75) is 44.5 Å². The molecule has 8 heteroatoms. The first-order valence-electron chi connectivity index (χ1n) is 7.72. The van der Waals surface area contributed by atoms with Gasteiger partial charge in [-0.25, -0.2) is 0 Å². The molecule has 2 rings (SSSR count). The molecule has 1 amide bonds. The molecular weight excluding hydrogens is 345 g/mol. The molecule has 0 aliphatic heterocycles. The first kappa shape index (κ1) is 20.6. The largest absolute Gasteiger partial charge is 0.573 e. The Labute approximate surface area is 145 Å². The van der Waals surface area contributed by atoms with Crippen molar-refractivity contribution in [2.75, 3.05) is 6.54 Å². The highest BCUT2D eigenvalue weighted by Gasteiger charge is 2.32. The number of carbonyl (C=O) groups is 1. The number of ether oxygens (including phenoxy) is 1. The monoisotopic (exact) mass is 366 g/mol. The van der Waals surface area contributed by atoms with E-state index in [9.17, 15) is 18.0 Å². The molecule has 0 bridgehead atoms. The molecule has 1 aliphatic rings. The van der Waals surface area contributed by atoms with E-state index in [0.29, 0.717) is 12.0 Å². The molecule has 0 heterocycles. The van der Waals surface area contributed by atoms with Crippen molar-refractivity contribution in [3.8, 4) is 5.75 Å². The molecule has 4 nitrogen and oxygen atoms in total. The Kier molecular flexibility index (Phi) is 7.83. The third-order valence-corrected chi connectivity index (χ3v) is 3.98. The van der Waals surface area contributed by atoms with Gasteiger partial charge in [0.25, 0.3) is 0 Å². The zero-order valence-corrected chi connectivity index (χ0v) is 14.0. The third kappa shape index (κ3) is 6.57. The summed E-state index contributed by atoms with van der Waals surface area (Å²) in [7, 11) is 0. The van der Waals surface area contributed by atoms with Crippen molar-refractivity contribution in [3.05, 3.63) is 29.8 Å². The topological polar surface area (TPSA) is 64.4 Å². The first-order valence-corrected chi connectivity index (χ1v) is 7.72. The van der Waals surface area contributed by atoms with Crippen LogP contribution in [-0.2, 0) is 11.2 Å². The summed E-state index contributed by atoms with van der Waals surface area (Å²) in [4.78, 5) is 12.1. The highest BCUT2D eigenvalue weighted by atomic mass is 35.5. The Balaban J connectivity index is 0.00000288. The lowest BCUT2D eigenvalue weighted by Crippen LogP contribution is -2.38. The smallest absolute Gasteiger partial charge is 0.406 e. The highest BCUT2D eigenvalue weighted by molar-refractivity contribution is 5.85. The molecule has 0 saturated heterocycles. The zero-order chi connectivity index (χ0) is 16.9. The molecule has 0 aromatic heterocycles. The number of hydrogen-bond acceptors (Lipinski definition) is 3. The van der Waals surface area contributed by atoms with Gasteiger partial charge in [-0.05, 0) is 37.3 Å². The minimum Gasteiger partial charge on any atom is -0.406 e. The van der Waals surface area contributed by atoms with Gasteiger partial charge in [0.2, 0.25) is 5.91 Å². The molecule has 1 fully saturated rings. The quantitative estimate of drug-likeness (QED) is 0.841. The standard InChI is InChI=1S/C16H21F3N2O2.ClH/c17-16(18,19)23-14-7-2-1-4-11(14)8-9-21-15(22)12-5-3-6-13(20)10-12;/h1-2,4,7,12-13H,3,5-6,8-10,20H2,(H,21,22);1H. The van der Waals surface area contributed by atoms with E-state index < -0.39 is 6.36 Å². The van der Waals surface area contributed by atoms with Crippen LogP contribution in [0.1, 0.15) is 31.2 Å². The van der Waals surface area contributed by atoms with Gasteiger partial charge in [-0.1, -0.05) is 24.6 Å². The van der Waals surface area contributed by atoms with E-state index in [-0.39, 0.29) is 49.0 Å². The Morgan fingerprint density at radius 1 is 1.29 bits per heavy atom. The Morgan fingerprint density at radius 2 is 2.00 bits per heavy atom. The van der Waals surface area contributed by atoms with Gasteiger partial charge < -0.3 is 15.8 Å². The normalized spacial score (nSPS) is 20.8. The van der Waals surface area contributed by atoms with Crippen LogP contribution in [-0.4, -0.2) is 24.9 Å². The third-order valence-electron chi connectivity index (χ3n) is 3.98. The van der Waals surface area contributed by atoms with Crippen molar-refractivity contribution in [3.63, 3.8) is 0 Å². The number of para-hydroxylation sites is 1. The van der Waals surface area contributed by atoms with Crippen LogP contribution in [0, 0.1) is 5.92 Å². The van der Waals surface area contributed by atoms with E-state index in [0.717, 1.165) is 19.3 Å². The van der Waals surface area contributed by atoms with Crippen molar-refractivity contribution >= 4 is 18.3 Å². The van der Waals surface area contributed by atoms with Gasteiger partial charge >= 0.3 is 6.36 Å². The second-order valence-electron chi connectivity index (χ2n) is 5.82. The van der Waals surface area contributed by atoms with Gasteiger partial charge in [0, 0.05) is 18.5 Å². The van der Waals surface area contributed by atoms with Crippen molar-refractivity contribution in [1.29, 1.82) is 0 Å². The number of alkyl halides is 3. The molecule has 3 N–H and O–H groups in total. The van der Waals surface area contributed by atoms with Gasteiger partial charge in [0.1, 0.15) is 5.75 Å². The van der Waals surface area contributed by atoms with Crippen LogP contribution in [0.15, 0.2) is 24.3 Å². The molecule has 0 radical (unpaired) electrons. The van der Waals surface area contributed by atoms with Crippen LogP contribution in [0.5, 0.6) is 5.75 Å². The number of benzene rings is 1. The van der Waals surface area contributed by atoms with E-state index in [2.05, 4.69) is 10.1 Å². The van der Waals surface area contributed by atoms with E-state index in [1.54, 1.807) is 12.1 Å². The zero-order valence-electron chi connectivity index (χ0n) is 13.1. The number of rotatable bonds is 5. The van der Waals surface area contributed by atoms with E-state index >= 15 is 0 Å².